The lowest BCUT2D eigenvalue weighted by Crippen LogP contribution is -2.11. The molecule has 0 fully saturated rings. The molecule has 1 amide bonds. The molecule has 0 saturated heterocycles. The molecule has 1 aromatic carbocycles. The number of nitrogen functional groups attached to an aromatic ring is 1. The minimum Gasteiger partial charge on any atom is -0.439 e. The van der Waals surface area contributed by atoms with Crippen LogP contribution in [0.1, 0.15) is 23.1 Å². The highest BCUT2D eigenvalue weighted by molar-refractivity contribution is 5.92. The van der Waals surface area contributed by atoms with Crippen LogP contribution < -0.4 is 21.7 Å². The van der Waals surface area contributed by atoms with E-state index in [1.165, 1.54) is 0 Å². The number of aryl methyl sites for hydroxylation is 1. The van der Waals surface area contributed by atoms with Crippen molar-refractivity contribution < 1.29 is 9.53 Å². The third-order valence-electron chi connectivity index (χ3n) is 2.57. The largest absolute Gasteiger partial charge is 0.439 e. The maximum Gasteiger partial charge on any atom is 0.248 e. The molecule has 7 heteroatoms. The second-order valence-corrected chi connectivity index (χ2v) is 4.00. The molecule has 1 aromatic heterocycles. The first-order valence-corrected chi connectivity index (χ1v) is 6.04. The van der Waals surface area contributed by atoms with Gasteiger partial charge in [-0.3, -0.25) is 4.79 Å². The van der Waals surface area contributed by atoms with Gasteiger partial charge in [0.05, 0.1) is 0 Å². The zero-order chi connectivity index (χ0) is 14.5. The fourth-order valence-corrected chi connectivity index (χ4v) is 1.57. The van der Waals surface area contributed by atoms with Gasteiger partial charge in [0.2, 0.25) is 11.8 Å². The van der Waals surface area contributed by atoms with Crippen molar-refractivity contribution in [2.24, 2.45) is 11.6 Å². The lowest BCUT2D eigenvalue weighted by molar-refractivity contribution is 0.100. The molecule has 104 valence electrons. The number of nitrogens with zero attached hydrogens (tertiary/aromatic N) is 2. The molecule has 1 heterocycles. The monoisotopic (exact) mass is 273 g/mol. The van der Waals surface area contributed by atoms with E-state index >= 15 is 0 Å². The molecule has 0 unspecified atom stereocenters. The summed E-state index contributed by atoms with van der Waals surface area (Å²) in [5, 5.41) is 0. The Balaban J connectivity index is 2.22. The summed E-state index contributed by atoms with van der Waals surface area (Å²) in [7, 11) is 0. The number of hydrogen-bond acceptors (Lipinski definition) is 6. The van der Waals surface area contributed by atoms with Gasteiger partial charge in [0.1, 0.15) is 17.4 Å². The van der Waals surface area contributed by atoms with E-state index in [2.05, 4.69) is 15.4 Å². The molecule has 2 aromatic rings. The topological polar surface area (TPSA) is 116 Å². The molecule has 20 heavy (non-hydrogen) atoms. The van der Waals surface area contributed by atoms with Crippen LogP contribution in [0.5, 0.6) is 11.6 Å². The first-order valence-electron chi connectivity index (χ1n) is 6.04. The highest BCUT2D eigenvalue weighted by Crippen LogP contribution is 2.22. The second-order valence-electron chi connectivity index (χ2n) is 4.00. The fourth-order valence-electron chi connectivity index (χ4n) is 1.57. The molecule has 0 atom stereocenters. The van der Waals surface area contributed by atoms with Crippen molar-refractivity contribution in [1.82, 2.24) is 9.97 Å². The molecule has 0 radical (unpaired) electrons. The van der Waals surface area contributed by atoms with Gasteiger partial charge in [-0.15, -0.1) is 0 Å². The van der Waals surface area contributed by atoms with Crippen LogP contribution in [0, 0.1) is 0 Å². The molecule has 0 aliphatic heterocycles. The average molecular weight is 273 g/mol. The molecule has 0 saturated carbocycles. The fraction of sp³-hybridized carbons (Fsp3) is 0.154. The smallest absolute Gasteiger partial charge is 0.248 e. The maximum atomic E-state index is 11.0. The molecular formula is C13H15N5O2. The van der Waals surface area contributed by atoms with Crippen molar-refractivity contribution in [3.63, 3.8) is 0 Å². The SMILES string of the molecule is CCc1nc(NN)cc(Oc2ccc(C(N)=O)cc2)n1. The van der Waals surface area contributed by atoms with Crippen molar-refractivity contribution in [3.05, 3.63) is 41.7 Å². The van der Waals surface area contributed by atoms with E-state index in [4.69, 9.17) is 16.3 Å². The summed E-state index contributed by atoms with van der Waals surface area (Å²) in [6.07, 6.45) is 0.659. The van der Waals surface area contributed by atoms with Gasteiger partial charge in [0, 0.05) is 18.1 Å². The summed E-state index contributed by atoms with van der Waals surface area (Å²) in [5.74, 6) is 6.86. The predicted molar refractivity (Wildman–Crippen MR) is 74.3 cm³/mol. The molecule has 0 aliphatic carbocycles. The molecule has 7 nitrogen and oxygen atoms in total. The van der Waals surface area contributed by atoms with Crippen LogP contribution in [0.15, 0.2) is 30.3 Å². The Morgan fingerprint density at radius 2 is 2.00 bits per heavy atom. The molecule has 5 N–H and O–H groups in total. The van der Waals surface area contributed by atoms with Crippen molar-refractivity contribution in [3.8, 4) is 11.6 Å². The van der Waals surface area contributed by atoms with E-state index in [1.54, 1.807) is 30.3 Å². The number of hydrogen-bond donors (Lipinski definition) is 3. The Bertz CT molecular complexity index is 590. The van der Waals surface area contributed by atoms with Gasteiger partial charge in [0.25, 0.3) is 0 Å². The van der Waals surface area contributed by atoms with E-state index in [1.807, 2.05) is 6.92 Å². The number of nitrogens with one attached hydrogen (secondary N) is 1. The zero-order valence-corrected chi connectivity index (χ0v) is 11.0. The van der Waals surface area contributed by atoms with Crippen molar-refractivity contribution in [2.45, 2.75) is 13.3 Å². The van der Waals surface area contributed by atoms with Gasteiger partial charge in [-0.05, 0) is 24.3 Å². The Morgan fingerprint density at radius 1 is 1.30 bits per heavy atom. The van der Waals surface area contributed by atoms with Gasteiger partial charge in [-0.1, -0.05) is 6.92 Å². The molecular weight excluding hydrogens is 258 g/mol. The highest BCUT2D eigenvalue weighted by Gasteiger charge is 2.06. The Labute approximate surface area is 115 Å². The summed E-state index contributed by atoms with van der Waals surface area (Å²) in [6, 6.07) is 8.04. The van der Waals surface area contributed by atoms with Crippen molar-refractivity contribution >= 4 is 11.7 Å². The standard InChI is InChI=1S/C13H15N5O2/c1-2-10-16-11(18-15)7-12(17-10)20-9-5-3-8(4-6-9)13(14)19/h3-7H,2,15H2,1H3,(H2,14,19)(H,16,17,18). The second kappa shape index (κ2) is 5.98. The van der Waals surface area contributed by atoms with Gasteiger partial charge < -0.3 is 15.9 Å². The van der Waals surface area contributed by atoms with Crippen LogP contribution in [-0.4, -0.2) is 15.9 Å². The van der Waals surface area contributed by atoms with Gasteiger partial charge in [-0.2, -0.15) is 4.98 Å². The molecule has 2 rings (SSSR count). The Morgan fingerprint density at radius 3 is 2.55 bits per heavy atom. The molecule has 0 aliphatic rings. The van der Waals surface area contributed by atoms with Gasteiger partial charge in [0.15, 0.2) is 0 Å². The van der Waals surface area contributed by atoms with Crippen molar-refractivity contribution in [1.29, 1.82) is 0 Å². The maximum absolute atomic E-state index is 11.0. The van der Waals surface area contributed by atoms with Crippen LogP contribution in [0.3, 0.4) is 0 Å². The number of nitrogens with two attached hydrogens (primary N) is 2. The third-order valence-corrected chi connectivity index (χ3v) is 2.57. The number of ether oxygens (including phenoxy) is 1. The summed E-state index contributed by atoms with van der Waals surface area (Å²) >= 11 is 0. The number of carbonyl (C=O) groups is 1. The summed E-state index contributed by atoms with van der Waals surface area (Å²) in [5.41, 5.74) is 8.04. The van der Waals surface area contributed by atoms with Crippen LogP contribution in [0.25, 0.3) is 0 Å². The van der Waals surface area contributed by atoms with Gasteiger partial charge >= 0.3 is 0 Å². The highest BCUT2D eigenvalue weighted by atomic mass is 16.5. The quantitative estimate of drug-likeness (QED) is 0.557. The summed E-state index contributed by atoms with van der Waals surface area (Å²) in [6.45, 7) is 1.93. The van der Waals surface area contributed by atoms with E-state index in [0.717, 1.165) is 0 Å². The van der Waals surface area contributed by atoms with E-state index in [-0.39, 0.29) is 0 Å². The first-order chi connectivity index (χ1) is 9.62. The Kier molecular flexibility index (Phi) is 4.11. The summed E-state index contributed by atoms with van der Waals surface area (Å²) in [4.78, 5) is 19.4. The number of aromatic nitrogens is 2. The first kappa shape index (κ1) is 13.8. The zero-order valence-electron chi connectivity index (χ0n) is 11.0. The number of amides is 1. The van der Waals surface area contributed by atoms with Crippen LogP contribution >= 0.6 is 0 Å². The van der Waals surface area contributed by atoms with E-state index in [0.29, 0.717) is 35.3 Å². The summed E-state index contributed by atoms with van der Waals surface area (Å²) < 4.78 is 5.60. The minimum atomic E-state index is -0.485. The lowest BCUT2D eigenvalue weighted by atomic mass is 10.2. The van der Waals surface area contributed by atoms with Crippen LogP contribution in [0.2, 0.25) is 0 Å². The van der Waals surface area contributed by atoms with E-state index in [9.17, 15) is 4.79 Å². The van der Waals surface area contributed by atoms with Crippen molar-refractivity contribution in [2.75, 3.05) is 5.43 Å². The lowest BCUT2D eigenvalue weighted by Gasteiger charge is -2.08. The van der Waals surface area contributed by atoms with Gasteiger partial charge in [-0.25, -0.2) is 10.8 Å². The predicted octanol–water partition coefficient (Wildman–Crippen LogP) is 1.22. The van der Waals surface area contributed by atoms with Crippen LogP contribution in [-0.2, 0) is 6.42 Å². The minimum absolute atomic E-state index is 0.372. The number of rotatable bonds is 5. The normalized spacial score (nSPS) is 10.1. The molecule has 0 bridgehead atoms. The number of carbonyl (C=O) groups excluding carboxylic acids is 1. The molecule has 0 spiro atoms. The number of hydrazine groups is 1. The number of anilines is 1. The number of primary amides is 1. The number of benzene rings is 1. The third kappa shape index (κ3) is 3.21. The van der Waals surface area contributed by atoms with E-state index < -0.39 is 5.91 Å². The van der Waals surface area contributed by atoms with Crippen LogP contribution in [0.4, 0.5) is 5.82 Å². The Hall–Kier alpha value is -2.67. The average Bonchev–Trinajstić information content (AvgIpc) is 2.47.